The highest BCUT2D eigenvalue weighted by molar-refractivity contribution is 9.10. The first kappa shape index (κ1) is 17.8. The van der Waals surface area contributed by atoms with E-state index in [1.807, 2.05) is 0 Å². The molecule has 0 aliphatic rings. The summed E-state index contributed by atoms with van der Waals surface area (Å²) < 4.78 is 11.1. The Morgan fingerprint density at radius 3 is 2.48 bits per heavy atom. The molecule has 0 aliphatic heterocycles. The number of esters is 2. The Morgan fingerprint density at radius 1 is 1.22 bits per heavy atom. The summed E-state index contributed by atoms with van der Waals surface area (Å²) >= 11 is 15.3. The van der Waals surface area contributed by atoms with Gasteiger partial charge < -0.3 is 14.0 Å². The third-order valence-electron chi connectivity index (χ3n) is 3.01. The minimum Gasteiger partial charge on any atom is -0.464 e. The van der Waals surface area contributed by atoms with Gasteiger partial charge in [0, 0.05) is 10.0 Å². The Kier molecular flexibility index (Phi) is 5.67. The van der Waals surface area contributed by atoms with Crippen LogP contribution in [0.1, 0.15) is 26.5 Å². The van der Waals surface area contributed by atoms with Crippen molar-refractivity contribution in [2.45, 2.75) is 6.54 Å². The lowest BCUT2D eigenvalue weighted by atomic mass is 10.2. The van der Waals surface area contributed by atoms with E-state index in [9.17, 15) is 9.59 Å². The quantitative estimate of drug-likeness (QED) is 0.705. The van der Waals surface area contributed by atoms with Crippen molar-refractivity contribution in [1.82, 2.24) is 9.55 Å². The number of ether oxygens (including phenoxy) is 2. The third-order valence-corrected chi connectivity index (χ3v) is 4.22. The number of hydrogen-bond donors (Lipinski definition) is 0. The van der Waals surface area contributed by atoms with Crippen molar-refractivity contribution in [3.63, 3.8) is 0 Å². The normalized spacial score (nSPS) is 10.5. The van der Waals surface area contributed by atoms with Gasteiger partial charge in [-0.2, -0.15) is 0 Å². The maximum Gasteiger partial charge on any atom is 0.359 e. The molecule has 0 amide bonds. The number of carbonyl (C=O) groups is 2. The van der Waals surface area contributed by atoms with E-state index in [1.54, 1.807) is 18.2 Å². The van der Waals surface area contributed by atoms with Crippen LogP contribution in [0.5, 0.6) is 0 Å². The van der Waals surface area contributed by atoms with Crippen molar-refractivity contribution in [1.29, 1.82) is 0 Å². The molecule has 0 saturated carbocycles. The van der Waals surface area contributed by atoms with Gasteiger partial charge in [-0.3, -0.25) is 0 Å². The first-order valence-corrected chi connectivity index (χ1v) is 7.80. The van der Waals surface area contributed by atoms with Crippen LogP contribution >= 0.6 is 39.1 Å². The molecule has 23 heavy (non-hydrogen) atoms. The highest BCUT2D eigenvalue weighted by atomic mass is 79.9. The summed E-state index contributed by atoms with van der Waals surface area (Å²) in [5, 5.41) is 0.957. The van der Waals surface area contributed by atoms with Gasteiger partial charge in [0.25, 0.3) is 0 Å². The molecule has 1 aromatic heterocycles. The van der Waals surface area contributed by atoms with Gasteiger partial charge in [0.1, 0.15) is 0 Å². The summed E-state index contributed by atoms with van der Waals surface area (Å²) in [7, 11) is 2.41. The van der Waals surface area contributed by atoms with Crippen molar-refractivity contribution < 1.29 is 19.1 Å². The molecule has 0 unspecified atom stereocenters. The number of halogens is 3. The monoisotopic (exact) mass is 420 g/mol. The molecule has 2 rings (SSSR count). The van der Waals surface area contributed by atoms with Crippen LogP contribution in [-0.2, 0) is 16.0 Å². The van der Waals surface area contributed by atoms with Gasteiger partial charge in [-0.25, -0.2) is 14.6 Å². The highest BCUT2D eigenvalue weighted by Crippen LogP contribution is 2.25. The van der Waals surface area contributed by atoms with Crippen molar-refractivity contribution in [2.24, 2.45) is 0 Å². The van der Waals surface area contributed by atoms with E-state index in [1.165, 1.54) is 18.8 Å². The smallest absolute Gasteiger partial charge is 0.359 e. The molecule has 9 heteroatoms. The van der Waals surface area contributed by atoms with Gasteiger partial charge in [-0.05, 0) is 39.7 Å². The Bertz CT molecular complexity index is 776. The molecule has 0 fully saturated rings. The number of aromatic nitrogens is 2. The second kappa shape index (κ2) is 7.33. The summed E-state index contributed by atoms with van der Waals surface area (Å²) in [4.78, 5) is 27.9. The molecule has 0 spiro atoms. The van der Waals surface area contributed by atoms with Gasteiger partial charge in [-0.15, -0.1) is 0 Å². The first-order valence-electron chi connectivity index (χ1n) is 6.25. The summed E-state index contributed by atoms with van der Waals surface area (Å²) in [5.41, 5.74) is 0.463. The van der Waals surface area contributed by atoms with E-state index in [4.69, 9.17) is 27.9 Å². The van der Waals surface area contributed by atoms with E-state index < -0.39 is 11.9 Å². The third kappa shape index (κ3) is 3.68. The average molecular weight is 422 g/mol. The Morgan fingerprint density at radius 2 is 1.87 bits per heavy atom. The zero-order chi connectivity index (χ0) is 17.1. The van der Waals surface area contributed by atoms with Crippen LogP contribution in [0.25, 0.3) is 0 Å². The number of carbonyl (C=O) groups excluding carboxylic acids is 2. The lowest BCUT2D eigenvalue weighted by molar-refractivity contribution is 0.0544. The van der Waals surface area contributed by atoms with Gasteiger partial charge in [-0.1, -0.05) is 23.2 Å². The number of rotatable bonds is 4. The fraction of sp³-hybridized carbons (Fsp3) is 0.214. The Labute approximate surface area is 150 Å². The lowest BCUT2D eigenvalue weighted by Gasteiger charge is -2.11. The number of nitrogens with zero attached hydrogens (tertiary/aromatic N) is 2. The maximum absolute atomic E-state index is 12.1. The number of imidazole rings is 1. The van der Waals surface area contributed by atoms with Crippen LogP contribution in [0.4, 0.5) is 0 Å². The molecular formula is C14H11BrCl2N2O4. The van der Waals surface area contributed by atoms with Crippen LogP contribution in [-0.4, -0.2) is 35.7 Å². The van der Waals surface area contributed by atoms with E-state index in [-0.39, 0.29) is 22.7 Å². The van der Waals surface area contributed by atoms with Crippen molar-refractivity contribution >= 4 is 51.1 Å². The predicted octanol–water partition coefficient (Wildman–Crippen LogP) is 3.57. The topological polar surface area (TPSA) is 70.4 Å². The van der Waals surface area contributed by atoms with Gasteiger partial charge >= 0.3 is 11.9 Å². The SMILES string of the molecule is COC(=O)c1nc(Br)n(Cc2cc(Cl)ccc2Cl)c1C(=O)OC. The first-order chi connectivity index (χ1) is 10.9. The predicted molar refractivity (Wildman–Crippen MR) is 88.2 cm³/mol. The number of hydrogen-bond acceptors (Lipinski definition) is 5. The largest absolute Gasteiger partial charge is 0.464 e. The summed E-state index contributed by atoms with van der Waals surface area (Å²) in [6, 6.07) is 4.95. The standard InChI is InChI=1S/C14H11BrCl2N2O4/c1-22-12(20)10-11(13(21)23-2)19(14(15)18-10)6-7-5-8(16)3-4-9(7)17/h3-5H,6H2,1-2H3. The Hall–Kier alpha value is -1.57. The second-order valence-corrected chi connectivity index (χ2v) is 5.94. The molecule has 122 valence electrons. The molecule has 6 nitrogen and oxygen atoms in total. The second-order valence-electron chi connectivity index (χ2n) is 4.38. The molecule has 0 radical (unpaired) electrons. The van der Waals surface area contributed by atoms with Crippen LogP contribution in [0.2, 0.25) is 10.0 Å². The van der Waals surface area contributed by atoms with Gasteiger partial charge in [0.15, 0.2) is 16.1 Å². The molecule has 0 atom stereocenters. The highest BCUT2D eigenvalue weighted by Gasteiger charge is 2.28. The fourth-order valence-electron chi connectivity index (χ4n) is 1.95. The minimum absolute atomic E-state index is 0.0396. The molecule has 0 N–H and O–H groups in total. The molecular weight excluding hydrogens is 411 g/mol. The Balaban J connectivity index is 2.57. The average Bonchev–Trinajstić information content (AvgIpc) is 2.86. The minimum atomic E-state index is -0.748. The zero-order valence-corrected chi connectivity index (χ0v) is 15.2. The number of benzene rings is 1. The molecule has 2 aromatic rings. The number of methoxy groups -OCH3 is 2. The van der Waals surface area contributed by atoms with E-state index in [0.717, 1.165) is 0 Å². The van der Waals surface area contributed by atoms with E-state index >= 15 is 0 Å². The molecule has 1 heterocycles. The van der Waals surface area contributed by atoms with Crippen molar-refractivity contribution in [2.75, 3.05) is 14.2 Å². The van der Waals surface area contributed by atoms with Gasteiger partial charge in [0.05, 0.1) is 20.8 Å². The summed E-state index contributed by atoms with van der Waals surface area (Å²) in [6.07, 6.45) is 0. The van der Waals surface area contributed by atoms with Gasteiger partial charge in [0.2, 0.25) is 0 Å². The van der Waals surface area contributed by atoms with Crippen molar-refractivity contribution in [3.8, 4) is 0 Å². The van der Waals surface area contributed by atoms with Crippen molar-refractivity contribution in [3.05, 3.63) is 49.9 Å². The zero-order valence-electron chi connectivity index (χ0n) is 12.1. The van der Waals surface area contributed by atoms with Crippen LogP contribution in [0, 0.1) is 0 Å². The molecule has 1 aromatic carbocycles. The van der Waals surface area contributed by atoms with E-state index in [2.05, 4.69) is 25.7 Å². The lowest BCUT2D eigenvalue weighted by Crippen LogP contribution is -2.16. The summed E-state index contributed by atoms with van der Waals surface area (Å²) in [5.74, 6) is -1.47. The molecule has 0 saturated heterocycles. The van der Waals surface area contributed by atoms with E-state index in [0.29, 0.717) is 15.6 Å². The fourth-order valence-corrected chi connectivity index (χ4v) is 2.80. The molecule has 0 bridgehead atoms. The van der Waals surface area contributed by atoms with Crippen LogP contribution in [0.3, 0.4) is 0 Å². The van der Waals surface area contributed by atoms with Crippen LogP contribution in [0.15, 0.2) is 22.9 Å². The summed E-state index contributed by atoms with van der Waals surface area (Å²) in [6.45, 7) is 0.161. The van der Waals surface area contributed by atoms with Crippen LogP contribution < -0.4 is 0 Å². The molecule has 0 aliphatic carbocycles. The maximum atomic E-state index is 12.1.